The van der Waals surface area contributed by atoms with Crippen molar-refractivity contribution in [2.75, 3.05) is 19.8 Å². The number of benzene rings is 1. The van der Waals surface area contributed by atoms with Crippen LogP contribution in [0, 0.1) is 5.92 Å². The van der Waals surface area contributed by atoms with Gasteiger partial charge in [-0.05, 0) is 45.1 Å². The highest BCUT2D eigenvalue weighted by molar-refractivity contribution is 7.90. The molecule has 2 N–H and O–H groups in total. The first-order chi connectivity index (χ1) is 15.3. The second-order valence-corrected chi connectivity index (χ2v) is 11.0. The van der Waals surface area contributed by atoms with Crippen LogP contribution >= 0.6 is 0 Å². The Bertz CT molecular complexity index is 907. The van der Waals surface area contributed by atoms with Crippen LogP contribution in [0.15, 0.2) is 47.4 Å². The van der Waals surface area contributed by atoms with Gasteiger partial charge < -0.3 is 23.7 Å². The Kier molecular flexibility index (Phi) is 8.79. The molecular weight excluding hydrogens is 428 g/mol. The van der Waals surface area contributed by atoms with E-state index in [-0.39, 0.29) is 36.4 Å². The number of aliphatic hydroxyl groups is 1. The molecule has 2 unspecified atom stereocenters. The lowest BCUT2D eigenvalue weighted by atomic mass is 9.90. The van der Waals surface area contributed by atoms with Gasteiger partial charge in [-0.2, -0.15) is 0 Å². The van der Waals surface area contributed by atoms with Crippen LogP contribution in [-0.2, 0) is 29.3 Å². The van der Waals surface area contributed by atoms with Crippen LogP contribution in [0.2, 0.25) is 0 Å². The largest absolute Gasteiger partial charge is 0.598 e. The third-order valence-electron chi connectivity index (χ3n) is 5.55. The Morgan fingerprint density at radius 3 is 2.59 bits per heavy atom. The molecule has 2 aromatic rings. The van der Waals surface area contributed by atoms with E-state index in [2.05, 4.69) is 4.72 Å². The fraction of sp³-hybridized carbons (Fsp3) is 0.542. The van der Waals surface area contributed by atoms with Crippen LogP contribution in [0.4, 0.5) is 0 Å². The SMILES string of the molecule is CC(C)(C)[S+]([O-])NC(c1cc(=O)c(OCc2ccccc2)cn1CCO)C1CCOCC1. The van der Waals surface area contributed by atoms with Crippen molar-refractivity contribution in [2.45, 2.75) is 57.6 Å². The van der Waals surface area contributed by atoms with E-state index in [1.165, 1.54) is 0 Å². The smallest absolute Gasteiger partial charge is 0.223 e. The van der Waals surface area contributed by atoms with Gasteiger partial charge in [-0.15, -0.1) is 4.72 Å². The zero-order valence-electron chi connectivity index (χ0n) is 19.1. The third kappa shape index (κ3) is 6.59. The van der Waals surface area contributed by atoms with Crippen LogP contribution in [-0.4, -0.2) is 38.8 Å². The number of nitrogens with one attached hydrogen (secondary N) is 1. The molecule has 0 aliphatic carbocycles. The Labute approximate surface area is 193 Å². The predicted octanol–water partition coefficient (Wildman–Crippen LogP) is 2.94. The quantitative estimate of drug-likeness (QED) is 0.557. The van der Waals surface area contributed by atoms with E-state index < -0.39 is 16.1 Å². The molecular formula is C24H34N2O5S. The standard InChI is InChI=1S/C24H34N2O5S/c1-24(2,3)32(29)25-23(19-9-13-30-14-10-19)20-15-21(28)22(16-26(20)11-12-27)31-17-18-7-5-4-6-8-18/h4-8,15-16,19,23,25,27H,9-14,17H2,1-3H3. The van der Waals surface area contributed by atoms with E-state index in [0.717, 1.165) is 18.4 Å². The number of hydrogen-bond donors (Lipinski definition) is 2. The minimum Gasteiger partial charge on any atom is -0.598 e. The summed E-state index contributed by atoms with van der Waals surface area (Å²) in [6.45, 7) is 7.51. The number of ether oxygens (including phenoxy) is 2. The number of nitrogens with zero attached hydrogens (tertiary/aromatic N) is 1. The predicted molar refractivity (Wildman–Crippen MR) is 126 cm³/mol. The first-order valence-electron chi connectivity index (χ1n) is 11.1. The monoisotopic (exact) mass is 462 g/mol. The summed E-state index contributed by atoms with van der Waals surface area (Å²) >= 11 is -1.32. The molecule has 1 aromatic carbocycles. The van der Waals surface area contributed by atoms with Gasteiger partial charge >= 0.3 is 0 Å². The minimum absolute atomic E-state index is 0.0865. The molecule has 1 fully saturated rings. The van der Waals surface area contributed by atoms with Crippen LogP contribution in [0.5, 0.6) is 5.75 Å². The van der Waals surface area contributed by atoms with E-state index in [1.54, 1.807) is 12.3 Å². The van der Waals surface area contributed by atoms with Crippen molar-refractivity contribution in [1.29, 1.82) is 0 Å². The summed E-state index contributed by atoms with van der Waals surface area (Å²) in [6.07, 6.45) is 3.27. The number of rotatable bonds is 9. The molecule has 0 amide bonds. The average Bonchev–Trinajstić information content (AvgIpc) is 2.78. The molecule has 32 heavy (non-hydrogen) atoms. The zero-order chi connectivity index (χ0) is 23.1. The lowest BCUT2D eigenvalue weighted by molar-refractivity contribution is 0.0552. The van der Waals surface area contributed by atoms with E-state index >= 15 is 0 Å². The molecule has 1 aliphatic heterocycles. The Balaban J connectivity index is 1.93. The molecule has 1 aliphatic rings. The maximum Gasteiger partial charge on any atom is 0.223 e. The van der Waals surface area contributed by atoms with Crippen molar-refractivity contribution in [3.05, 3.63) is 64.1 Å². The third-order valence-corrected chi connectivity index (χ3v) is 7.13. The highest BCUT2D eigenvalue weighted by Crippen LogP contribution is 2.32. The minimum atomic E-state index is -1.32. The first-order valence-corrected chi connectivity index (χ1v) is 12.2. The van der Waals surface area contributed by atoms with Crippen molar-refractivity contribution >= 4 is 11.4 Å². The molecule has 0 radical (unpaired) electrons. The molecule has 8 heteroatoms. The molecule has 0 bridgehead atoms. The highest BCUT2D eigenvalue weighted by Gasteiger charge is 2.36. The molecule has 1 saturated heterocycles. The average molecular weight is 463 g/mol. The van der Waals surface area contributed by atoms with Gasteiger partial charge in [0.1, 0.15) is 11.4 Å². The maximum atomic E-state index is 13.0. The van der Waals surface area contributed by atoms with Crippen molar-refractivity contribution in [1.82, 2.24) is 9.29 Å². The van der Waals surface area contributed by atoms with Crippen molar-refractivity contribution in [3.8, 4) is 5.75 Å². The first kappa shape index (κ1) is 24.8. The van der Waals surface area contributed by atoms with Gasteiger partial charge in [-0.3, -0.25) is 4.79 Å². The molecule has 0 saturated carbocycles. The summed E-state index contributed by atoms with van der Waals surface area (Å²) in [6, 6.07) is 10.9. The summed E-state index contributed by atoms with van der Waals surface area (Å²) in [5.74, 6) is 0.393. The van der Waals surface area contributed by atoms with Gasteiger partial charge in [-0.25, -0.2) is 0 Å². The van der Waals surface area contributed by atoms with Gasteiger partial charge in [0.2, 0.25) is 5.43 Å². The maximum absolute atomic E-state index is 13.0. The second kappa shape index (κ2) is 11.3. The lowest BCUT2D eigenvalue weighted by Gasteiger charge is -2.35. The summed E-state index contributed by atoms with van der Waals surface area (Å²) in [5.41, 5.74) is 1.44. The number of pyridine rings is 1. The van der Waals surface area contributed by atoms with Crippen LogP contribution in [0.25, 0.3) is 0 Å². The van der Waals surface area contributed by atoms with Gasteiger partial charge in [0.15, 0.2) is 5.75 Å². The van der Waals surface area contributed by atoms with E-state index in [9.17, 15) is 14.5 Å². The molecule has 7 nitrogen and oxygen atoms in total. The van der Waals surface area contributed by atoms with Crippen LogP contribution < -0.4 is 14.9 Å². The Morgan fingerprint density at radius 1 is 1.28 bits per heavy atom. The number of aliphatic hydroxyl groups excluding tert-OH is 1. The lowest BCUT2D eigenvalue weighted by Crippen LogP contribution is -2.45. The second-order valence-electron chi connectivity index (χ2n) is 9.04. The fourth-order valence-corrected chi connectivity index (χ4v) is 4.62. The molecule has 3 rings (SSSR count). The summed E-state index contributed by atoms with van der Waals surface area (Å²) < 4.78 is 29.0. The zero-order valence-corrected chi connectivity index (χ0v) is 19.9. The summed E-state index contributed by atoms with van der Waals surface area (Å²) in [7, 11) is 0. The highest BCUT2D eigenvalue weighted by atomic mass is 32.2. The fourth-order valence-electron chi connectivity index (χ4n) is 3.72. The van der Waals surface area contributed by atoms with Crippen LogP contribution in [0.1, 0.15) is 50.9 Å². The van der Waals surface area contributed by atoms with Gasteiger partial charge in [-0.1, -0.05) is 30.3 Å². The van der Waals surface area contributed by atoms with Crippen molar-refractivity contribution in [3.63, 3.8) is 0 Å². The van der Waals surface area contributed by atoms with E-state index in [0.29, 0.717) is 25.5 Å². The Hall–Kier alpha value is -1.84. The Morgan fingerprint density at radius 2 is 1.97 bits per heavy atom. The topological polar surface area (TPSA) is 95.8 Å². The molecule has 2 atom stereocenters. The molecule has 0 spiro atoms. The van der Waals surface area contributed by atoms with Crippen LogP contribution in [0.3, 0.4) is 0 Å². The molecule has 176 valence electrons. The number of hydrogen-bond acceptors (Lipinski definition) is 6. The van der Waals surface area contributed by atoms with E-state index in [1.807, 2.05) is 55.7 Å². The number of aromatic nitrogens is 1. The van der Waals surface area contributed by atoms with E-state index in [4.69, 9.17) is 9.47 Å². The van der Waals surface area contributed by atoms with Gasteiger partial charge in [0, 0.05) is 42.9 Å². The summed E-state index contributed by atoms with van der Waals surface area (Å²) in [4.78, 5) is 13.0. The molecule has 1 aromatic heterocycles. The van der Waals surface area contributed by atoms with Gasteiger partial charge in [0.05, 0.1) is 18.8 Å². The van der Waals surface area contributed by atoms with Crippen molar-refractivity contribution in [2.24, 2.45) is 5.92 Å². The summed E-state index contributed by atoms with van der Waals surface area (Å²) in [5, 5.41) is 9.68. The van der Waals surface area contributed by atoms with Gasteiger partial charge in [0.25, 0.3) is 0 Å². The van der Waals surface area contributed by atoms with Crippen molar-refractivity contribution < 1.29 is 19.1 Å². The normalized spacial score (nSPS) is 17.2. The molecule has 2 heterocycles.